The summed E-state index contributed by atoms with van der Waals surface area (Å²) in [6.07, 6.45) is 2.25. The Morgan fingerprint density at radius 2 is 1.79 bits per heavy atom. The van der Waals surface area contributed by atoms with Crippen LogP contribution in [0.4, 0.5) is 0 Å². The Balaban J connectivity index is 1.41. The zero-order chi connectivity index (χ0) is 23.2. The molecule has 7 nitrogen and oxygen atoms in total. The molecule has 170 valence electrons. The Bertz CT molecular complexity index is 1160. The van der Waals surface area contributed by atoms with E-state index in [0.29, 0.717) is 30.2 Å². The molecule has 2 amide bonds. The molecule has 4 rings (SSSR count). The van der Waals surface area contributed by atoms with E-state index in [1.54, 1.807) is 12.1 Å². The topological polar surface area (TPSA) is 92.9 Å². The van der Waals surface area contributed by atoms with Gasteiger partial charge in [0, 0.05) is 24.1 Å². The maximum Gasteiger partial charge on any atom is 0.287 e. The van der Waals surface area contributed by atoms with Gasteiger partial charge >= 0.3 is 0 Å². The van der Waals surface area contributed by atoms with Crippen LogP contribution in [-0.4, -0.2) is 24.1 Å². The molecule has 0 radical (unpaired) electrons. The van der Waals surface area contributed by atoms with E-state index in [9.17, 15) is 9.59 Å². The van der Waals surface area contributed by atoms with Crippen LogP contribution in [0, 0.1) is 13.8 Å². The van der Waals surface area contributed by atoms with Crippen molar-refractivity contribution in [2.45, 2.75) is 39.7 Å². The van der Waals surface area contributed by atoms with E-state index in [1.165, 1.54) is 5.56 Å². The number of para-hydroxylation sites is 1. The normalized spacial score (nSPS) is 13.9. The second-order valence-corrected chi connectivity index (χ2v) is 8.07. The molecule has 0 aliphatic heterocycles. The summed E-state index contributed by atoms with van der Waals surface area (Å²) in [7, 11) is 0. The summed E-state index contributed by atoms with van der Waals surface area (Å²) >= 11 is 0. The van der Waals surface area contributed by atoms with Crippen molar-refractivity contribution in [1.82, 2.24) is 10.7 Å². The third kappa shape index (κ3) is 5.49. The lowest BCUT2D eigenvalue weighted by Crippen LogP contribution is -2.27. The van der Waals surface area contributed by atoms with Crippen molar-refractivity contribution in [1.29, 1.82) is 0 Å². The van der Waals surface area contributed by atoms with Crippen LogP contribution >= 0.6 is 0 Å². The zero-order valence-electron chi connectivity index (χ0n) is 18.8. The number of furan rings is 1. The quantitative estimate of drug-likeness (QED) is 0.537. The van der Waals surface area contributed by atoms with Gasteiger partial charge in [-0.25, -0.2) is 5.43 Å². The molecule has 2 aromatic carbocycles. The number of fused-ring (bicyclic) bond motifs is 1. The number of aryl methyl sites for hydroxylation is 2. The van der Waals surface area contributed by atoms with Gasteiger partial charge in [-0.2, -0.15) is 5.10 Å². The number of benzene rings is 2. The predicted molar refractivity (Wildman–Crippen MR) is 125 cm³/mol. The van der Waals surface area contributed by atoms with Crippen LogP contribution in [0.3, 0.4) is 0 Å². The van der Waals surface area contributed by atoms with E-state index in [-0.39, 0.29) is 18.4 Å². The average molecular weight is 446 g/mol. The minimum absolute atomic E-state index is 0.134. The highest BCUT2D eigenvalue weighted by Gasteiger charge is 2.28. The first-order valence-corrected chi connectivity index (χ1v) is 11.0. The minimum Gasteiger partial charge on any atom is -0.484 e. The fourth-order valence-corrected chi connectivity index (χ4v) is 3.79. The number of amides is 2. The summed E-state index contributed by atoms with van der Waals surface area (Å²) in [6, 6.07) is 17.1. The number of nitrogens with one attached hydrogen (secondary N) is 2. The number of hydrogen-bond acceptors (Lipinski definition) is 5. The number of hydrazone groups is 1. The van der Waals surface area contributed by atoms with Crippen molar-refractivity contribution in [3.63, 3.8) is 0 Å². The van der Waals surface area contributed by atoms with Crippen molar-refractivity contribution in [2.75, 3.05) is 6.61 Å². The summed E-state index contributed by atoms with van der Waals surface area (Å²) in [5.74, 6) is 1.03. The number of hydrogen-bond donors (Lipinski definition) is 2. The monoisotopic (exact) mass is 445 g/mol. The molecule has 1 aliphatic carbocycles. The fraction of sp³-hybridized carbons (Fsp3) is 0.269. The van der Waals surface area contributed by atoms with Gasteiger partial charge in [0.2, 0.25) is 0 Å². The van der Waals surface area contributed by atoms with Gasteiger partial charge in [0.05, 0.1) is 5.71 Å². The Morgan fingerprint density at radius 1 is 1.03 bits per heavy atom. The van der Waals surface area contributed by atoms with Crippen LogP contribution in [0.25, 0.3) is 0 Å². The van der Waals surface area contributed by atoms with Gasteiger partial charge in [0.15, 0.2) is 12.4 Å². The summed E-state index contributed by atoms with van der Waals surface area (Å²) in [6.45, 7) is 4.16. The van der Waals surface area contributed by atoms with E-state index in [1.807, 2.05) is 56.3 Å². The number of rotatable bonds is 7. The van der Waals surface area contributed by atoms with Crippen molar-refractivity contribution >= 4 is 17.5 Å². The van der Waals surface area contributed by atoms with Gasteiger partial charge in [0.1, 0.15) is 11.5 Å². The highest BCUT2D eigenvalue weighted by atomic mass is 16.5. The van der Waals surface area contributed by atoms with Crippen LogP contribution < -0.4 is 15.5 Å². The lowest BCUT2D eigenvalue weighted by atomic mass is 9.93. The first kappa shape index (κ1) is 22.3. The Morgan fingerprint density at radius 3 is 2.55 bits per heavy atom. The van der Waals surface area contributed by atoms with E-state index in [4.69, 9.17) is 9.15 Å². The zero-order valence-corrected chi connectivity index (χ0v) is 18.8. The maximum absolute atomic E-state index is 12.8. The van der Waals surface area contributed by atoms with Crippen LogP contribution in [0.1, 0.15) is 51.4 Å². The van der Waals surface area contributed by atoms with Gasteiger partial charge < -0.3 is 14.5 Å². The smallest absolute Gasteiger partial charge is 0.287 e. The summed E-state index contributed by atoms with van der Waals surface area (Å²) in [5.41, 5.74) is 7.01. The Kier molecular flexibility index (Phi) is 6.88. The second kappa shape index (κ2) is 10.2. The Labute approximate surface area is 192 Å². The van der Waals surface area contributed by atoms with Crippen LogP contribution in [0.15, 0.2) is 64.1 Å². The Hall–Kier alpha value is -3.87. The van der Waals surface area contributed by atoms with Gasteiger partial charge in [-0.05, 0) is 44.4 Å². The van der Waals surface area contributed by atoms with E-state index >= 15 is 0 Å². The molecule has 0 saturated carbocycles. The van der Waals surface area contributed by atoms with E-state index in [0.717, 1.165) is 35.3 Å². The standard InChI is InChI=1S/C26H27N3O4/c1-17-11-13-19(14-12-17)15-27-26(31)25-18(2)24-21(9-6-10-22(24)33-25)28-29-23(30)16-32-20-7-4-3-5-8-20/h3-5,7-8,11-14H,6,9-10,15-16H2,1-2H3,(H,27,31)(H,29,30)/b28-21+. The minimum atomic E-state index is -0.351. The second-order valence-electron chi connectivity index (χ2n) is 8.07. The molecular weight excluding hydrogens is 418 g/mol. The van der Waals surface area contributed by atoms with Crippen LogP contribution in [0.2, 0.25) is 0 Å². The molecule has 0 unspecified atom stereocenters. The third-order valence-electron chi connectivity index (χ3n) is 5.53. The highest BCUT2D eigenvalue weighted by Crippen LogP contribution is 2.30. The molecule has 1 aliphatic rings. The lowest BCUT2D eigenvalue weighted by Gasteiger charge is -2.13. The van der Waals surface area contributed by atoms with E-state index in [2.05, 4.69) is 15.8 Å². The molecule has 0 bridgehead atoms. The maximum atomic E-state index is 12.8. The van der Waals surface area contributed by atoms with Gasteiger partial charge in [0.25, 0.3) is 11.8 Å². The van der Waals surface area contributed by atoms with Crippen LogP contribution in [0.5, 0.6) is 5.75 Å². The lowest BCUT2D eigenvalue weighted by molar-refractivity contribution is -0.123. The van der Waals surface area contributed by atoms with Gasteiger partial charge in [-0.1, -0.05) is 48.0 Å². The summed E-state index contributed by atoms with van der Waals surface area (Å²) < 4.78 is 11.4. The van der Waals surface area contributed by atoms with E-state index < -0.39 is 0 Å². The molecule has 7 heteroatoms. The molecule has 3 aromatic rings. The van der Waals surface area contributed by atoms with Crippen molar-refractivity contribution in [2.24, 2.45) is 5.10 Å². The first-order valence-electron chi connectivity index (χ1n) is 11.0. The van der Waals surface area contributed by atoms with Gasteiger partial charge in [-0.15, -0.1) is 0 Å². The van der Waals surface area contributed by atoms with Crippen molar-refractivity contribution in [3.8, 4) is 5.75 Å². The molecule has 1 aromatic heterocycles. The molecule has 33 heavy (non-hydrogen) atoms. The third-order valence-corrected chi connectivity index (χ3v) is 5.53. The molecule has 0 atom stereocenters. The fourth-order valence-electron chi connectivity index (χ4n) is 3.79. The SMILES string of the molecule is Cc1ccc(CNC(=O)c2oc3c(c2C)/C(=N/NC(=O)COc2ccccc2)CCC3)cc1. The predicted octanol–water partition coefficient (Wildman–Crippen LogP) is 4.06. The molecule has 0 saturated heterocycles. The average Bonchev–Trinajstić information content (AvgIpc) is 3.18. The van der Waals surface area contributed by atoms with Crippen molar-refractivity contribution < 1.29 is 18.7 Å². The first-order chi connectivity index (χ1) is 16.0. The molecular formula is C26H27N3O4. The largest absolute Gasteiger partial charge is 0.484 e. The molecule has 2 N–H and O–H groups in total. The summed E-state index contributed by atoms with van der Waals surface area (Å²) in [4.78, 5) is 25.0. The number of ether oxygens (including phenoxy) is 1. The molecule has 1 heterocycles. The number of nitrogens with zero attached hydrogens (tertiary/aromatic N) is 1. The van der Waals surface area contributed by atoms with Crippen LogP contribution in [-0.2, 0) is 17.8 Å². The number of carbonyl (C=O) groups excluding carboxylic acids is 2. The van der Waals surface area contributed by atoms with Gasteiger partial charge in [-0.3, -0.25) is 9.59 Å². The van der Waals surface area contributed by atoms with Crippen molar-refractivity contribution in [3.05, 3.63) is 88.4 Å². The summed E-state index contributed by atoms with van der Waals surface area (Å²) in [5, 5.41) is 7.24. The number of carbonyl (C=O) groups is 2. The molecule has 0 fully saturated rings. The highest BCUT2D eigenvalue weighted by molar-refractivity contribution is 6.06. The molecule has 0 spiro atoms.